The van der Waals surface area contributed by atoms with E-state index >= 15 is 0 Å². The highest BCUT2D eigenvalue weighted by atomic mass is 35.5. The van der Waals surface area contributed by atoms with Crippen LogP contribution in [-0.4, -0.2) is 37.6 Å². The van der Waals surface area contributed by atoms with Gasteiger partial charge in [-0.25, -0.2) is 0 Å². The van der Waals surface area contributed by atoms with E-state index in [-0.39, 0.29) is 12.2 Å². The summed E-state index contributed by atoms with van der Waals surface area (Å²) in [7, 11) is 0. The second kappa shape index (κ2) is 26.2. The van der Waals surface area contributed by atoms with Crippen molar-refractivity contribution in [3.8, 4) is 0 Å². The second-order valence-corrected chi connectivity index (χ2v) is 8.82. The molecule has 0 aromatic rings. The number of allylic oxidation sites excluding steroid dienone is 4. The van der Waals surface area contributed by atoms with Gasteiger partial charge >= 0.3 is 0 Å². The minimum Gasteiger partial charge on any atom is -0.352 e. The summed E-state index contributed by atoms with van der Waals surface area (Å²) in [4.78, 5) is 0. The summed E-state index contributed by atoms with van der Waals surface area (Å²) in [5.74, 6) is 1.37. The molecule has 5 heteroatoms. The van der Waals surface area contributed by atoms with Crippen molar-refractivity contribution in [2.45, 2.75) is 116 Å². The van der Waals surface area contributed by atoms with E-state index in [1.165, 1.54) is 38.5 Å². The Morgan fingerprint density at radius 2 is 1.00 bits per heavy atom. The van der Waals surface area contributed by atoms with Crippen molar-refractivity contribution in [1.29, 1.82) is 0 Å². The maximum absolute atomic E-state index is 6.02. The molecule has 0 saturated heterocycles. The molecule has 0 aromatic carbocycles. The molecule has 0 radical (unpaired) electrons. The summed E-state index contributed by atoms with van der Waals surface area (Å²) in [5.41, 5.74) is 0. The third-order valence-electron chi connectivity index (χ3n) is 5.23. The lowest BCUT2D eigenvalue weighted by Crippen LogP contribution is -2.19. The lowest BCUT2D eigenvalue weighted by molar-refractivity contribution is -0.167. The van der Waals surface area contributed by atoms with Crippen LogP contribution in [0.5, 0.6) is 0 Å². The molecule has 0 bridgehead atoms. The van der Waals surface area contributed by atoms with Gasteiger partial charge in [0.25, 0.3) is 0 Å². The number of halogens is 2. The van der Waals surface area contributed by atoms with Gasteiger partial charge in [0, 0.05) is 11.8 Å². The highest BCUT2D eigenvalue weighted by molar-refractivity contribution is 6.18. The van der Waals surface area contributed by atoms with Gasteiger partial charge in [0.2, 0.25) is 0 Å². The molecule has 2 atom stereocenters. The summed E-state index contributed by atoms with van der Waals surface area (Å²) >= 11 is 11.4. The summed E-state index contributed by atoms with van der Waals surface area (Å²) in [5, 5.41) is 0. The second-order valence-electron chi connectivity index (χ2n) is 8.06. The molecule has 0 saturated carbocycles. The van der Waals surface area contributed by atoms with Crippen LogP contribution in [0.15, 0.2) is 24.3 Å². The Morgan fingerprint density at radius 3 is 1.39 bits per heavy atom. The number of hydrogen-bond donors (Lipinski definition) is 0. The van der Waals surface area contributed by atoms with Gasteiger partial charge in [0.15, 0.2) is 0 Å². The Kier molecular flexibility index (Phi) is 26.1. The van der Waals surface area contributed by atoms with Crippen molar-refractivity contribution >= 4 is 23.2 Å². The van der Waals surface area contributed by atoms with Crippen LogP contribution in [-0.2, 0) is 14.2 Å². The van der Waals surface area contributed by atoms with Crippen molar-refractivity contribution in [2.75, 3.05) is 25.3 Å². The van der Waals surface area contributed by atoms with Gasteiger partial charge in [-0.3, -0.25) is 0 Å². The molecular formula is C26H48Cl2O3. The molecule has 0 amide bonds. The lowest BCUT2D eigenvalue weighted by atomic mass is 10.1. The fourth-order valence-electron chi connectivity index (χ4n) is 3.35. The van der Waals surface area contributed by atoms with Crippen molar-refractivity contribution < 1.29 is 14.2 Å². The SMILES string of the molecule is CCCCCC(CC/C=C/CCCl)OCOCOC(CC/C=C/CCCl)CCCCC. The smallest absolute Gasteiger partial charge is 0.149 e. The highest BCUT2D eigenvalue weighted by Crippen LogP contribution is 2.15. The van der Waals surface area contributed by atoms with E-state index < -0.39 is 0 Å². The average Bonchev–Trinajstić information content (AvgIpc) is 2.77. The van der Waals surface area contributed by atoms with Crippen LogP contribution >= 0.6 is 23.2 Å². The lowest BCUT2D eigenvalue weighted by Gasteiger charge is -2.19. The molecule has 184 valence electrons. The minimum atomic E-state index is 0.250. The van der Waals surface area contributed by atoms with Crippen molar-refractivity contribution in [1.82, 2.24) is 0 Å². The van der Waals surface area contributed by atoms with E-state index in [0.717, 1.165) is 51.4 Å². The first-order valence-corrected chi connectivity index (χ1v) is 13.6. The van der Waals surface area contributed by atoms with Crippen molar-refractivity contribution in [2.24, 2.45) is 0 Å². The first-order valence-electron chi connectivity index (χ1n) is 12.5. The quantitative estimate of drug-likeness (QED) is 0.0599. The molecule has 0 aliphatic heterocycles. The van der Waals surface area contributed by atoms with Crippen LogP contribution in [0.2, 0.25) is 0 Å². The van der Waals surface area contributed by atoms with Gasteiger partial charge in [-0.05, 0) is 51.4 Å². The van der Waals surface area contributed by atoms with Gasteiger partial charge in [0.1, 0.15) is 13.6 Å². The zero-order valence-corrected chi connectivity index (χ0v) is 21.7. The fourth-order valence-corrected chi connectivity index (χ4v) is 3.60. The maximum atomic E-state index is 6.02. The Hall–Kier alpha value is -0.0600. The van der Waals surface area contributed by atoms with Gasteiger partial charge < -0.3 is 14.2 Å². The molecule has 31 heavy (non-hydrogen) atoms. The molecule has 0 aliphatic rings. The number of unbranched alkanes of at least 4 members (excludes halogenated alkanes) is 4. The standard InChI is InChI=1S/C26H48Cl2O3/c1-3-5-11-17-25(19-13-7-9-15-21-27)30-23-29-24-31-26(18-12-6-4-2)20-14-8-10-16-22-28/h7-10,25-26H,3-6,11-24H2,1-2H3/b9-7+,10-8+. The third-order valence-corrected chi connectivity index (χ3v) is 5.67. The Bertz CT molecular complexity index is 366. The number of rotatable bonds is 24. The zero-order valence-electron chi connectivity index (χ0n) is 20.2. The zero-order chi connectivity index (χ0) is 22.8. The van der Waals surface area contributed by atoms with Crippen LogP contribution in [0.1, 0.15) is 104 Å². The largest absolute Gasteiger partial charge is 0.352 e. The number of alkyl halides is 2. The maximum Gasteiger partial charge on any atom is 0.149 e. The monoisotopic (exact) mass is 478 g/mol. The summed E-state index contributed by atoms with van der Waals surface area (Å²) in [6, 6.07) is 0. The van der Waals surface area contributed by atoms with Crippen LogP contribution in [0.4, 0.5) is 0 Å². The Labute approximate surface area is 202 Å². The Morgan fingerprint density at radius 1 is 0.581 bits per heavy atom. The Balaban J connectivity index is 4.17. The molecule has 0 rings (SSSR count). The first kappa shape index (κ1) is 30.9. The van der Waals surface area contributed by atoms with Crippen LogP contribution in [0.3, 0.4) is 0 Å². The predicted molar refractivity (Wildman–Crippen MR) is 136 cm³/mol. The highest BCUT2D eigenvalue weighted by Gasteiger charge is 2.10. The number of ether oxygens (including phenoxy) is 3. The average molecular weight is 480 g/mol. The minimum absolute atomic E-state index is 0.250. The van der Waals surface area contributed by atoms with Crippen LogP contribution < -0.4 is 0 Å². The molecule has 0 spiro atoms. The van der Waals surface area contributed by atoms with Crippen molar-refractivity contribution in [3.05, 3.63) is 24.3 Å². The summed E-state index contributed by atoms with van der Waals surface area (Å²) in [6.07, 6.45) is 24.8. The summed E-state index contributed by atoms with van der Waals surface area (Å²) < 4.78 is 17.7. The first-order chi connectivity index (χ1) is 15.3. The van der Waals surface area contributed by atoms with Crippen LogP contribution in [0, 0.1) is 0 Å². The van der Waals surface area contributed by atoms with E-state index in [2.05, 4.69) is 38.2 Å². The van der Waals surface area contributed by atoms with Gasteiger partial charge in [-0.1, -0.05) is 76.7 Å². The molecule has 0 N–H and O–H groups in total. The third kappa shape index (κ3) is 22.9. The molecule has 0 aliphatic carbocycles. The topological polar surface area (TPSA) is 27.7 Å². The van der Waals surface area contributed by atoms with E-state index in [1.807, 2.05) is 0 Å². The summed E-state index contributed by atoms with van der Waals surface area (Å²) in [6.45, 7) is 5.07. The van der Waals surface area contributed by atoms with E-state index in [1.54, 1.807) is 0 Å². The van der Waals surface area contributed by atoms with Gasteiger partial charge in [0.05, 0.1) is 12.2 Å². The predicted octanol–water partition coefficient (Wildman–Crippen LogP) is 8.78. The molecule has 0 heterocycles. The fraction of sp³-hybridized carbons (Fsp3) is 0.846. The van der Waals surface area contributed by atoms with Gasteiger partial charge in [-0.15, -0.1) is 23.2 Å². The van der Waals surface area contributed by atoms with E-state index in [0.29, 0.717) is 25.3 Å². The molecule has 2 unspecified atom stereocenters. The molecule has 0 aromatic heterocycles. The van der Waals surface area contributed by atoms with Crippen molar-refractivity contribution in [3.63, 3.8) is 0 Å². The van der Waals surface area contributed by atoms with Crippen LogP contribution in [0.25, 0.3) is 0 Å². The molecule has 3 nitrogen and oxygen atoms in total. The molecule has 0 fully saturated rings. The molecular weight excluding hydrogens is 431 g/mol. The van der Waals surface area contributed by atoms with E-state index in [4.69, 9.17) is 37.4 Å². The number of hydrogen-bond acceptors (Lipinski definition) is 3. The van der Waals surface area contributed by atoms with Gasteiger partial charge in [-0.2, -0.15) is 0 Å². The normalized spacial score (nSPS) is 14.1. The van der Waals surface area contributed by atoms with E-state index in [9.17, 15) is 0 Å².